The molecule has 0 bridgehead atoms. The van der Waals surface area contributed by atoms with E-state index in [1.807, 2.05) is 0 Å². The number of carbonyl (C=O) groups is 1. The monoisotopic (exact) mass is 194 g/mol. The Kier molecular flexibility index (Phi) is 1.41. The molecule has 74 valence electrons. The zero-order chi connectivity index (χ0) is 9.60. The summed E-state index contributed by atoms with van der Waals surface area (Å²) in [6.45, 7) is 1.91. The van der Waals surface area contributed by atoms with Crippen molar-refractivity contribution in [2.75, 3.05) is 18.4 Å². The predicted molar refractivity (Wildman–Crippen MR) is 46.2 cm³/mol. The highest BCUT2D eigenvalue weighted by Gasteiger charge is 2.61. The zero-order valence-electron chi connectivity index (χ0n) is 7.45. The first-order valence-corrected chi connectivity index (χ1v) is 4.55. The number of nitrogens with one attached hydrogen (secondary N) is 3. The highest BCUT2D eigenvalue weighted by Crippen LogP contribution is 2.55. The molecule has 1 spiro atoms. The molecule has 7 nitrogen and oxygen atoms in total. The lowest BCUT2D eigenvalue weighted by Gasteiger charge is -2.27. The highest BCUT2D eigenvalue weighted by molar-refractivity contribution is 5.93. The van der Waals surface area contributed by atoms with Gasteiger partial charge in [0.25, 0.3) is 5.95 Å². The Bertz CT molecular complexity index is 356. The van der Waals surface area contributed by atoms with E-state index in [0.717, 1.165) is 19.5 Å². The van der Waals surface area contributed by atoms with Gasteiger partial charge in [-0.05, 0) is 11.6 Å². The van der Waals surface area contributed by atoms with Gasteiger partial charge in [0.1, 0.15) is 0 Å². The number of nitrogens with zero attached hydrogens (tertiary/aromatic N) is 3. The minimum absolute atomic E-state index is 0.00731. The molecular formula is C7H10N6O. The molecule has 1 aromatic heterocycles. The summed E-state index contributed by atoms with van der Waals surface area (Å²) in [5, 5.41) is 18.8. The lowest BCUT2D eigenvalue weighted by atomic mass is 9.96. The largest absolute Gasteiger partial charge is 0.315 e. The van der Waals surface area contributed by atoms with Crippen LogP contribution < -0.4 is 10.6 Å². The van der Waals surface area contributed by atoms with E-state index in [9.17, 15) is 4.79 Å². The van der Waals surface area contributed by atoms with Gasteiger partial charge in [-0.25, -0.2) is 0 Å². The Morgan fingerprint density at radius 3 is 2.93 bits per heavy atom. The molecule has 0 aromatic carbocycles. The van der Waals surface area contributed by atoms with Crippen molar-refractivity contribution in [1.82, 2.24) is 25.9 Å². The number of anilines is 1. The van der Waals surface area contributed by atoms with Gasteiger partial charge in [-0.1, -0.05) is 5.10 Å². The van der Waals surface area contributed by atoms with Crippen molar-refractivity contribution in [2.24, 2.45) is 11.3 Å². The van der Waals surface area contributed by atoms with Crippen LogP contribution in [0.4, 0.5) is 5.95 Å². The second kappa shape index (κ2) is 2.50. The van der Waals surface area contributed by atoms with E-state index in [2.05, 4.69) is 31.3 Å². The smallest absolute Gasteiger partial charge is 0.269 e. The topological polar surface area (TPSA) is 95.6 Å². The molecule has 2 heterocycles. The summed E-state index contributed by atoms with van der Waals surface area (Å²) in [5.41, 5.74) is 0.244. The standard InChI is InChI=1S/C7H10N6O/c14-5(9-6-10-12-13-11-6)4-1-7(4)2-8-3-7/h4,8H,1-3H2,(H2,9,10,11,12,13,14). The average molecular weight is 194 g/mol. The van der Waals surface area contributed by atoms with Crippen molar-refractivity contribution in [2.45, 2.75) is 6.42 Å². The van der Waals surface area contributed by atoms with Crippen LogP contribution in [0.5, 0.6) is 0 Å². The summed E-state index contributed by atoms with van der Waals surface area (Å²) < 4.78 is 0. The van der Waals surface area contributed by atoms with Gasteiger partial charge in [-0.15, -0.1) is 5.10 Å². The Labute approximate surface area is 79.6 Å². The first kappa shape index (κ1) is 7.86. The molecule has 1 saturated carbocycles. The second-order valence-electron chi connectivity index (χ2n) is 3.95. The summed E-state index contributed by atoms with van der Waals surface area (Å²) >= 11 is 0. The lowest BCUT2D eigenvalue weighted by Crippen LogP contribution is -2.46. The average Bonchev–Trinajstić information content (AvgIpc) is 2.71. The van der Waals surface area contributed by atoms with Crippen molar-refractivity contribution in [1.29, 1.82) is 0 Å². The number of H-pyrrole nitrogens is 1. The van der Waals surface area contributed by atoms with Crippen LogP contribution in [0.25, 0.3) is 0 Å². The number of hydrogen-bond donors (Lipinski definition) is 3. The molecule has 1 unspecified atom stereocenters. The summed E-state index contributed by atoms with van der Waals surface area (Å²) in [6, 6.07) is 0. The van der Waals surface area contributed by atoms with Crippen molar-refractivity contribution in [3.63, 3.8) is 0 Å². The van der Waals surface area contributed by atoms with Crippen LogP contribution in [0.3, 0.4) is 0 Å². The van der Waals surface area contributed by atoms with Gasteiger partial charge in [0.15, 0.2) is 0 Å². The molecule has 1 atom stereocenters. The number of carbonyl (C=O) groups excluding carboxylic acids is 1. The highest BCUT2D eigenvalue weighted by atomic mass is 16.2. The van der Waals surface area contributed by atoms with Crippen LogP contribution in [0.2, 0.25) is 0 Å². The zero-order valence-corrected chi connectivity index (χ0v) is 7.45. The summed E-state index contributed by atoms with van der Waals surface area (Å²) in [7, 11) is 0. The normalized spacial score (nSPS) is 27.0. The van der Waals surface area contributed by atoms with E-state index in [4.69, 9.17) is 0 Å². The molecule has 3 rings (SSSR count). The third kappa shape index (κ3) is 1.02. The number of aromatic amines is 1. The number of tetrazole rings is 1. The van der Waals surface area contributed by atoms with Gasteiger partial charge in [-0.2, -0.15) is 5.21 Å². The van der Waals surface area contributed by atoms with Crippen LogP contribution in [0.1, 0.15) is 6.42 Å². The molecule has 7 heteroatoms. The molecular weight excluding hydrogens is 184 g/mol. The number of amides is 1. The first-order chi connectivity index (χ1) is 6.80. The molecule has 0 radical (unpaired) electrons. The van der Waals surface area contributed by atoms with Crippen LogP contribution in [0.15, 0.2) is 0 Å². The van der Waals surface area contributed by atoms with Crippen LogP contribution in [-0.2, 0) is 4.79 Å². The molecule has 2 fully saturated rings. The van der Waals surface area contributed by atoms with E-state index in [-0.39, 0.29) is 23.2 Å². The maximum Gasteiger partial charge on any atom is 0.269 e. The lowest BCUT2D eigenvalue weighted by molar-refractivity contribution is -0.118. The van der Waals surface area contributed by atoms with Gasteiger partial charge in [-0.3, -0.25) is 10.1 Å². The SMILES string of the molecule is O=C(Nc1nn[nH]n1)C1CC12CNC2. The van der Waals surface area contributed by atoms with Gasteiger partial charge >= 0.3 is 0 Å². The van der Waals surface area contributed by atoms with Crippen LogP contribution in [0, 0.1) is 11.3 Å². The molecule has 3 N–H and O–H groups in total. The summed E-state index contributed by atoms with van der Waals surface area (Å²) in [5.74, 6) is 0.388. The fraction of sp³-hybridized carbons (Fsp3) is 0.714. The molecule has 1 aromatic rings. The van der Waals surface area contributed by atoms with E-state index >= 15 is 0 Å². The van der Waals surface area contributed by atoms with E-state index < -0.39 is 0 Å². The van der Waals surface area contributed by atoms with Crippen molar-refractivity contribution in [3.8, 4) is 0 Å². The third-order valence-electron chi connectivity index (χ3n) is 3.04. The van der Waals surface area contributed by atoms with E-state index in [0.29, 0.717) is 0 Å². The van der Waals surface area contributed by atoms with Crippen molar-refractivity contribution < 1.29 is 4.79 Å². The molecule has 14 heavy (non-hydrogen) atoms. The molecule has 2 aliphatic rings. The minimum Gasteiger partial charge on any atom is -0.315 e. The third-order valence-corrected chi connectivity index (χ3v) is 3.04. The second-order valence-corrected chi connectivity index (χ2v) is 3.95. The fourth-order valence-electron chi connectivity index (χ4n) is 1.97. The predicted octanol–water partition coefficient (Wildman–Crippen LogP) is -1.25. The summed E-state index contributed by atoms with van der Waals surface area (Å²) in [4.78, 5) is 11.6. The molecule has 1 aliphatic carbocycles. The number of rotatable bonds is 2. The molecule has 1 aliphatic heterocycles. The van der Waals surface area contributed by atoms with Crippen LogP contribution >= 0.6 is 0 Å². The molecule has 1 saturated heterocycles. The Morgan fingerprint density at radius 1 is 1.57 bits per heavy atom. The Hall–Kier alpha value is -1.50. The van der Waals surface area contributed by atoms with Crippen molar-refractivity contribution >= 4 is 11.9 Å². The quantitative estimate of drug-likeness (QED) is 0.546. The van der Waals surface area contributed by atoms with Crippen molar-refractivity contribution in [3.05, 3.63) is 0 Å². The van der Waals surface area contributed by atoms with Gasteiger partial charge < -0.3 is 5.32 Å². The van der Waals surface area contributed by atoms with E-state index in [1.54, 1.807) is 0 Å². The Balaban J connectivity index is 1.62. The first-order valence-electron chi connectivity index (χ1n) is 4.55. The number of aromatic nitrogens is 4. The molecule has 1 amide bonds. The Morgan fingerprint density at radius 2 is 2.43 bits per heavy atom. The fourth-order valence-corrected chi connectivity index (χ4v) is 1.97. The van der Waals surface area contributed by atoms with Gasteiger partial charge in [0.2, 0.25) is 5.91 Å². The maximum absolute atomic E-state index is 11.6. The summed E-state index contributed by atoms with van der Waals surface area (Å²) in [6.07, 6.45) is 0.976. The van der Waals surface area contributed by atoms with Gasteiger partial charge in [0.05, 0.1) is 0 Å². The maximum atomic E-state index is 11.6. The number of hydrogen-bond acceptors (Lipinski definition) is 5. The van der Waals surface area contributed by atoms with E-state index in [1.165, 1.54) is 0 Å². The van der Waals surface area contributed by atoms with Crippen LogP contribution in [-0.4, -0.2) is 39.6 Å². The van der Waals surface area contributed by atoms with Gasteiger partial charge in [0, 0.05) is 24.4 Å². The minimum atomic E-state index is 0.00731.